The predicted molar refractivity (Wildman–Crippen MR) is 85.5 cm³/mol. The summed E-state index contributed by atoms with van der Waals surface area (Å²) in [4.78, 5) is 18.0. The smallest absolute Gasteiger partial charge is 0.222 e. The summed E-state index contributed by atoms with van der Waals surface area (Å²) in [6.45, 7) is 5.48. The number of carbonyl (C=O) groups is 1. The summed E-state index contributed by atoms with van der Waals surface area (Å²) in [5.74, 6) is 1.12. The molecular weight excluding hydrogens is 268 g/mol. The highest BCUT2D eigenvalue weighted by atomic mass is 16.5. The molecule has 0 aromatic carbocycles. The number of rotatable bonds is 9. The molecule has 1 atom stereocenters. The first kappa shape index (κ1) is 17.8. The van der Waals surface area contributed by atoms with E-state index in [-0.39, 0.29) is 0 Å². The molecule has 21 heavy (non-hydrogen) atoms. The lowest BCUT2D eigenvalue weighted by molar-refractivity contribution is -0.129. The highest BCUT2D eigenvalue weighted by Gasteiger charge is 2.26. The predicted octanol–water partition coefficient (Wildman–Crippen LogP) is 0.979. The van der Waals surface area contributed by atoms with Gasteiger partial charge in [0.05, 0.1) is 0 Å². The van der Waals surface area contributed by atoms with Gasteiger partial charge in [0, 0.05) is 52.9 Å². The van der Waals surface area contributed by atoms with E-state index in [4.69, 9.17) is 4.74 Å². The van der Waals surface area contributed by atoms with Crippen LogP contribution in [0.3, 0.4) is 0 Å². The average Bonchev–Trinajstić information content (AvgIpc) is 2.92. The van der Waals surface area contributed by atoms with Gasteiger partial charge in [-0.2, -0.15) is 0 Å². The van der Waals surface area contributed by atoms with Crippen LogP contribution in [0.15, 0.2) is 4.99 Å². The van der Waals surface area contributed by atoms with E-state index in [9.17, 15) is 4.79 Å². The van der Waals surface area contributed by atoms with Crippen molar-refractivity contribution in [2.45, 2.75) is 45.1 Å². The molecular formula is C15H30N4O2. The standard InChI is InChI=1S/C15H30N4O2/c1-4-13(19-11-5-7-14(19)20)8-10-18-15(16-2)17-9-6-12-21-3/h13H,4-12H2,1-3H3,(H2,16,17,18). The number of guanidine groups is 1. The molecule has 0 aromatic rings. The minimum atomic E-state index is 0.309. The second-order valence-corrected chi connectivity index (χ2v) is 5.31. The van der Waals surface area contributed by atoms with Gasteiger partial charge in [-0.25, -0.2) is 0 Å². The minimum absolute atomic E-state index is 0.309. The minimum Gasteiger partial charge on any atom is -0.385 e. The molecule has 0 spiro atoms. The van der Waals surface area contributed by atoms with Crippen LogP contribution in [0, 0.1) is 0 Å². The number of amides is 1. The Balaban J connectivity index is 2.24. The molecule has 6 heteroatoms. The molecule has 1 aliphatic rings. The van der Waals surface area contributed by atoms with Gasteiger partial charge >= 0.3 is 0 Å². The Morgan fingerprint density at radius 1 is 1.43 bits per heavy atom. The van der Waals surface area contributed by atoms with E-state index in [2.05, 4.69) is 22.5 Å². The van der Waals surface area contributed by atoms with Crippen LogP contribution >= 0.6 is 0 Å². The molecule has 1 aliphatic heterocycles. The largest absolute Gasteiger partial charge is 0.385 e. The number of nitrogens with one attached hydrogen (secondary N) is 2. The van der Waals surface area contributed by atoms with Gasteiger partial charge in [0.1, 0.15) is 0 Å². The number of aliphatic imine (C=N–C) groups is 1. The van der Waals surface area contributed by atoms with Crippen LogP contribution in [-0.4, -0.2) is 63.2 Å². The summed E-state index contributed by atoms with van der Waals surface area (Å²) >= 11 is 0. The lowest BCUT2D eigenvalue weighted by atomic mass is 10.1. The Morgan fingerprint density at radius 2 is 2.19 bits per heavy atom. The normalized spacial score (nSPS) is 17.2. The molecule has 122 valence electrons. The monoisotopic (exact) mass is 298 g/mol. The van der Waals surface area contributed by atoms with Gasteiger partial charge in [-0.05, 0) is 25.7 Å². The van der Waals surface area contributed by atoms with Gasteiger partial charge < -0.3 is 20.3 Å². The summed E-state index contributed by atoms with van der Waals surface area (Å²) in [7, 11) is 3.48. The second-order valence-electron chi connectivity index (χ2n) is 5.31. The zero-order valence-corrected chi connectivity index (χ0v) is 13.7. The summed E-state index contributed by atoms with van der Waals surface area (Å²) in [5.41, 5.74) is 0. The van der Waals surface area contributed by atoms with Crippen LogP contribution in [0.1, 0.15) is 39.0 Å². The van der Waals surface area contributed by atoms with E-state index in [1.807, 2.05) is 4.90 Å². The summed E-state index contributed by atoms with van der Waals surface area (Å²) in [5, 5.41) is 6.56. The lowest BCUT2D eigenvalue weighted by Crippen LogP contribution is -2.42. The van der Waals surface area contributed by atoms with Crippen LogP contribution in [-0.2, 0) is 9.53 Å². The molecule has 0 saturated carbocycles. The van der Waals surface area contributed by atoms with E-state index >= 15 is 0 Å². The van der Waals surface area contributed by atoms with Crippen LogP contribution in [0.2, 0.25) is 0 Å². The van der Waals surface area contributed by atoms with Crippen molar-refractivity contribution in [3.63, 3.8) is 0 Å². The summed E-state index contributed by atoms with van der Waals surface area (Å²) in [6.07, 6.45) is 4.64. The topological polar surface area (TPSA) is 66.0 Å². The fraction of sp³-hybridized carbons (Fsp3) is 0.867. The van der Waals surface area contributed by atoms with Crippen molar-refractivity contribution in [1.82, 2.24) is 15.5 Å². The average molecular weight is 298 g/mol. The third-order valence-electron chi connectivity index (χ3n) is 3.83. The molecule has 0 bridgehead atoms. The van der Waals surface area contributed by atoms with Gasteiger partial charge in [-0.1, -0.05) is 6.92 Å². The number of likely N-dealkylation sites (tertiary alicyclic amines) is 1. The number of ether oxygens (including phenoxy) is 1. The molecule has 1 unspecified atom stereocenters. The molecule has 6 nitrogen and oxygen atoms in total. The summed E-state index contributed by atoms with van der Waals surface area (Å²) < 4.78 is 5.01. The third-order valence-corrected chi connectivity index (χ3v) is 3.83. The van der Waals surface area contributed by atoms with Gasteiger partial charge in [0.15, 0.2) is 5.96 Å². The van der Waals surface area contributed by atoms with E-state index in [1.54, 1.807) is 14.2 Å². The summed E-state index contributed by atoms with van der Waals surface area (Å²) in [6, 6.07) is 0.346. The maximum absolute atomic E-state index is 11.8. The molecule has 2 N–H and O–H groups in total. The molecule has 0 aliphatic carbocycles. The highest BCUT2D eigenvalue weighted by molar-refractivity contribution is 5.79. The van der Waals surface area contributed by atoms with Crippen molar-refractivity contribution in [3.05, 3.63) is 0 Å². The van der Waals surface area contributed by atoms with Crippen molar-refractivity contribution in [2.75, 3.05) is 40.4 Å². The van der Waals surface area contributed by atoms with Crippen molar-refractivity contribution < 1.29 is 9.53 Å². The Labute approximate surface area is 128 Å². The number of carbonyl (C=O) groups excluding carboxylic acids is 1. The van der Waals surface area contributed by atoms with Crippen molar-refractivity contribution >= 4 is 11.9 Å². The lowest BCUT2D eigenvalue weighted by Gasteiger charge is -2.27. The van der Waals surface area contributed by atoms with Crippen LogP contribution in [0.5, 0.6) is 0 Å². The first-order chi connectivity index (χ1) is 10.2. The third kappa shape index (κ3) is 6.33. The van der Waals surface area contributed by atoms with Crippen LogP contribution in [0.25, 0.3) is 0 Å². The number of hydrogen-bond donors (Lipinski definition) is 2. The first-order valence-electron chi connectivity index (χ1n) is 7.95. The van der Waals surface area contributed by atoms with E-state index < -0.39 is 0 Å². The van der Waals surface area contributed by atoms with Gasteiger partial charge in [0.2, 0.25) is 5.91 Å². The first-order valence-corrected chi connectivity index (χ1v) is 7.95. The Bertz CT molecular complexity index is 334. The fourth-order valence-corrected chi connectivity index (χ4v) is 2.64. The van der Waals surface area contributed by atoms with Crippen LogP contribution in [0.4, 0.5) is 0 Å². The van der Waals surface area contributed by atoms with Crippen molar-refractivity contribution in [3.8, 4) is 0 Å². The molecule has 1 saturated heterocycles. The quantitative estimate of drug-likeness (QED) is 0.378. The molecule has 1 amide bonds. The molecule has 0 radical (unpaired) electrons. The highest BCUT2D eigenvalue weighted by Crippen LogP contribution is 2.17. The SMILES string of the molecule is CCC(CCNC(=NC)NCCCOC)N1CCCC1=O. The number of hydrogen-bond acceptors (Lipinski definition) is 3. The van der Waals surface area contributed by atoms with E-state index in [0.29, 0.717) is 18.4 Å². The number of nitrogens with zero attached hydrogens (tertiary/aromatic N) is 2. The zero-order valence-electron chi connectivity index (χ0n) is 13.7. The maximum atomic E-state index is 11.8. The maximum Gasteiger partial charge on any atom is 0.222 e. The van der Waals surface area contributed by atoms with Gasteiger partial charge in [0.25, 0.3) is 0 Å². The number of methoxy groups -OCH3 is 1. The second kappa shape index (κ2) is 10.4. The molecule has 1 heterocycles. The molecule has 0 aromatic heterocycles. The van der Waals surface area contributed by atoms with E-state index in [1.165, 1.54) is 0 Å². The zero-order chi connectivity index (χ0) is 15.5. The Kier molecular flexibility index (Phi) is 8.82. The molecule has 1 rings (SSSR count). The van der Waals surface area contributed by atoms with Crippen LogP contribution < -0.4 is 10.6 Å². The Hall–Kier alpha value is -1.30. The fourth-order valence-electron chi connectivity index (χ4n) is 2.64. The molecule has 1 fully saturated rings. The van der Waals surface area contributed by atoms with Gasteiger partial charge in [-0.3, -0.25) is 9.79 Å². The van der Waals surface area contributed by atoms with Crippen molar-refractivity contribution in [2.24, 2.45) is 4.99 Å². The Morgan fingerprint density at radius 3 is 2.76 bits per heavy atom. The van der Waals surface area contributed by atoms with Gasteiger partial charge in [-0.15, -0.1) is 0 Å². The van der Waals surface area contributed by atoms with Crippen molar-refractivity contribution in [1.29, 1.82) is 0 Å². The van der Waals surface area contributed by atoms with E-state index in [0.717, 1.165) is 57.9 Å².